The van der Waals surface area contributed by atoms with Crippen LogP contribution in [0.25, 0.3) is 11.3 Å². The van der Waals surface area contributed by atoms with E-state index in [-0.39, 0.29) is 50.4 Å². The third-order valence-electron chi connectivity index (χ3n) is 2.86. The van der Waals surface area contributed by atoms with E-state index in [1.807, 2.05) is 0 Å². The maximum atomic E-state index is 14.2. The molecule has 2 rings (SSSR count). The van der Waals surface area contributed by atoms with E-state index >= 15 is 0 Å². The fourth-order valence-corrected chi connectivity index (χ4v) is 2.16. The summed E-state index contributed by atoms with van der Waals surface area (Å²) in [5.74, 6) is 5.34. The van der Waals surface area contributed by atoms with Crippen molar-refractivity contribution in [2.75, 3.05) is 6.61 Å². The van der Waals surface area contributed by atoms with Gasteiger partial charge < -0.3 is 9.30 Å². The number of benzene rings is 1. The maximum absolute atomic E-state index is 14.2. The predicted octanol–water partition coefficient (Wildman–Crippen LogP) is 3.15. The molecule has 0 fully saturated rings. The maximum Gasteiger partial charge on any atom is 0.208 e. The smallest absolute Gasteiger partial charge is 0.208 e. The number of hydrogen-bond acceptors (Lipinski definition) is 2. The minimum atomic E-state index is -0.481. The van der Waals surface area contributed by atoms with E-state index in [0.29, 0.717) is 15.9 Å². The Bertz CT molecular complexity index is 793. The van der Waals surface area contributed by atoms with E-state index in [2.05, 4.69) is 33.8 Å². The van der Waals surface area contributed by atoms with Crippen molar-refractivity contribution in [1.82, 2.24) is 4.57 Å². The van der Waals surface area contributed by atoms with Crippen LogP contribution in [0.5, 0.6) is 5.75 Å². The number of nitrogens with zero attached hydrogens (tertiary/aromatic N) is 1. The van der Waals surface area contributed by atoms with Crippen LogP contribution in [0.1, 0.15) is 6.92 Å². The molecule has 1 aromatic carbocycles. The van der Waals surface area contributed by atoms with Crippen LogP contribution in [0.3, 0.4) is 0 Å². The molecule has 1 radical (unpaired) electrons. The average molecular weight is 438 g/mol. The summed E-state index contributed by atoms with van der Waals surface area (Å²) in [6, 6.07) is 8.84. The van der Waals surface area contributed by atoms with Crippen molar-refractivity contribution in [2.45, 2.75) is 6.92 Å². The molecule has 22 heavy (non-hydrogen) atoms. The molecule has 0 saturated heterocycles. The molecule has 1 heterocycles. The largest absolute Gasteiger partial charge is 0.481 e. The van der Waals surface area contributed by atoms with Crippen LogP contribution in [0, 0.1) is 23.7 Å². The van der Waals surface area contributed by atoms with Crippen LogP contribution < -0.4 is 10.3 Å². The number of rotatable bonds is 3. The molecule has 2 aromatic rings. The second kappa shape index (κ2) is 8.62. The number of pyridine rings is 1. The fourth-order valence-electron chi connectivity index (χ4n) is 1.78. The Balaban J connectivity index is 0.00000242. The SMILES string of the molecule is CC#CCOc1ccc(-c2[c-]cc(Br)c(=O)n2C)c(F)c1.[Y]. The molecule has 1 aromatic heterocycles. The van der Waals surface area contributed by atoms with E-state index in [1.165, 1.54) is 16.7 Å². The van der Waals surface area contributed by atoms with Gasteiger partial charge in [0.15, 0.2) is 0 Å². The molecule has 0 spiro atoms. The molecule has 0 unspecified atom stereocenters. The van der Waals surface area contributed by atoms with Gasteiger partial charge in [-0.2, -0.15) is 12.1 Å². The van der Waals surface area contributed by atoms with E-state index in [9.17, 15) is 9.18 Å². The van der Waals surface area contributed by atoms with Gasteiger partial charge in [-0.1, -0.05) is 17.2 Å². The summed E-state index contributed by atoms with van der Waals surface area (Å²) in [7, 11) is 1.57. The molecule has 111 valence electrons. The number of ether oxygens (including phenoxy) is 1. The van der Waals surface area contributed by atoms with Crippen LogP contribution in [0.15, 0.2) is 33.5 Å². The van der Waals surface area contributed by atoms with Gasteiger partial charge in [-0.3, -0.25) is 4.79 Å². The van der Waals surface area contributed by atoms with Crippen molar-refractivity contribution in [2.24, 2.45) is 7.05 Å². The Morgan fingerprint density at radius 3 is 2.82 bits per heavy atom. The van der Waals surface area contributed by atoms with E-state index < -0.39 is 5.82 Å². The van der Waals surface area contributed by atoms with Crippen molar-refractivity contribution in [3.05, 3.63) is 51.0 Å². The third kappa shape index (κ3) is 4.28. The van der Waals surface area contributed by atoms with Gasteiger partial charge in [-0.25, -0.2) is 4.39 Å². The number of halogens is 2. The Morgan fingerprint density at radius 1 is 1.45 bits per heavy atom. The Labute approximate surface area is 161 Å². The second-order valence-electron chi connectivity index (χ2n) is 4.21. The van der Waals surface area contributed by atoms with Crippen molar-refractivity contribution in [3.8, 4) is 28.8 Å². The van der Waals surface area contributed by atoms with Gasteiger partial charge in [0.1, 0.15) is 12.4 Å². The summed E-state index contributed by atoms with van der Waals surface area (Å²) < 4.78 is 21.2. The van der Waals surface area contributed by atoms with Gasteiger partial charge in [0, 0.05) is 45.8 Å². The van der Waals surface area contributed by atoms with Crippen molar-refractivity contribution in [3.63, 3.8) is 0 Å². The van der Waals surface area contributed by atoms with E-state index in [1.54, 1.807) is 26.1 Å². The molecule has 0 bridgehead atoms. The summed E-state index contributed by atoms with van der Waals surface area (Å²) in [5, 5.41) is 0. The van der Waals surface area contributed by atoms with Gasteiger partial charge in [0.25, 0.3) is 0 Å². The van der Waals surface area contributed by atoms with Crippen molar-refractivity contribution >= 4 is 15.9 Å². The summed E-state index contributed by atoms with van der Waals surface area (Å²) in [4.78, 5) is 11.8. The van der Waals surface area contributed by atoms with Crippen LogP contribution in [-0.2, 0) is 39.8 Å². The molecule has 0 aliphatic carbocycles. The van der Waals surface area contributed by atoms with Gasteiger partial charge >= 0.3 is 0 Å². The van der Waals surface area contributed by atoms with Crippen molar-refractivity contribution < 1.29 is 41.8 Å². The molecule has 0 aliphatic heterocycles. The van der Waals surface area contributed by atoms with Crippen LogP contribution in [0.4, 0.5) is 4.39 Å². The molecular weight excluding hydrogens is 426 g/mol. The molecule has 0 N–H and O–H groups in total. The normalized spacial score (nSPS) is 9.45. The number of aromatic nitrogens is 1. The molecule has 0 saturated carbocycles. The summed E-state index contributed by atoms with van der Waals surface area (Å²) in [5.41, 5.74) is 0.415. The van der Waals surface area contributed by atoms with Crippen LogP contribution >= 0.6 is 15.9 Å². The van der Waals surface area contributed by atoms with Gasteiger partial charge in [-0.15, -0.1) is 27.9 Å². The zero-order valence-electron chi connectivity index (χ0n) is 12.1. The molecule has 0 amide bonds. The fraction of sp³-hybridized carbons (Fsp3) is 0.188. The summed E-state index contributed by atoms with van der Waals surface area (Å²) in [6.45, 7) is 1.91. The molecule has 3 nitrogen and oxygen atoms in total. The average Bonchev–Trinajstić information content (AvgIpc) is 2.46. The third-order valence-corrected chi connectivity index (χ3v) is 3.43. The molecular formula is C16H12BrFNO2Y-. The molecule has 0 atom stereocenters. The predicted molar refractivity (Wildman–Crippen MR) is 82.6 cm³/mol. The zero-order chi connectivity index (χ0) is 15.4. The van der Waals surface area contributed by atoms with Gasteiger partial charge in [0.05, 0.1) is 5.82 Å². The number of hydrogen-bond donors (Lipinski definition) is 0. The van der Waals surface area contributed by atoms with Crippen LogP contribution in [-0.4, -0.2) is 11.2 Å². The first-order chi connectivity index (χ1) is 10.0. The monoisotopic (exact) mass is 437 g/mol. The molecule has 6 heteroatoms. The van der Waals surface area contributed by atoms with Gasteiger partial charge in [-0.05, 0) is 17.5 Å². The van der Waals surface area contributed by atoms with Crippen LogP contribution in [0.2, 0.25) is 0 Å². The van der Waals surface area contributed by atoms with E-state index in [0.717, 1.165) is 0 Å². The van der Waals surface area contributed by atoms with Gasteiger partial charge in [0.2, 0.25) is 5.56 Å². The van der Waals surface area contributed by atoms with E-state index in [4.69, 9.17) is 4.74 Å². The quantitative estimate of drug-likeness (QED) is 0.545. The Hall–Kier alpha value is -0.956. The first-order valence-corrected chi connectivity index (χ1v) is 6.93. The minimum Gasteiger partial charge on any atom is -0.481 e. The topological polar surface area (TPSA) is 31.2 Å². The standard InChI is InChI=1S/C16H12BrFNO2.Y/c1-3-4-9-21-11-5-6-12(14(18)10-11)15-8-7-13(17)16(20)19(15)2;/h5-7,10H,9H2,1-2H3;/q-1;. The first-order valence-electron chi connectivity index (χ1n) is 6.14. The summed E-state index contributed by atoms with van der Waals surface area (Å²) in [6.07, 6.45) is 0. The second-order valence-corrected chi connectivity index (χ2v) is 5.06. The minimum absolute atomic E-state index is 0. The zero-order valence-corrected chi connectivity index (χ0v) is 16.5. The molecule has 0 aliphatic rings. The summed E-state index contributed by atoms with van der Waals surface area (Å²) >= 11 is 3.13. The first kappa shape index (κ1) is 19.1. The van der Waals surface area contributed by atoms with Crippen molar-refractivity contribution in [1.29, 1.82) is 0 Å². The Kier molecular flexibility index (Phi) is 7.48. The Morgan fingerprint density at radius 2 is 2.18 bits per heavy atom.